The number of fused-ring (bicyclic) bond motifs is 1. The average Bonchev–Trinajstić information content (AvgIpc) is 3.12. The fourth-order valence-corrected chi connectivity index (χ4v) is 3.50. The number of hydrogen-bond donors (Lipinski definition) is 1. The van der Waals surface area contributed by atoms with E-state index in [0.717, 1.165) is 17.5 Å². The molecule has 0 aromatic carbocycles. The van der Waals surface area contributed by atoms with Gasteiger partial charge < -0.3 is 9.84 Å². The Hall–Kier alpha value is -1.09. The SMILES string of the molecule is COc1cccnc1C(O)C1C2CCCCC21. The highest BCUT2D eigenvalue weighted by molar-refractivity contribution is 5.30. The van der Waals surface area contributed by atoms with Gasteiger partial charge in [0.25, 0.3) is 0 Å². The molecule has 1 N–H and O–H groups in total. The molecule has 0 amide bonds. The number of pyridine rings is 1. The van der Waals surface area contributed by atoms with Crippen molar-refractivity contribution in [3.63, 3.8) is 0 Å². The van der Waals surface area contributed by atoms with Crippen molar-refractivity contribution in [3.05, 3.63) is 24.0 Å². The van der Waals surface area contributed by atoms with E-state index in [2.05, 4.69) is 4.98 Å². The summed E-state index contributed by atoms with van der Waals surface area (Å²) >= 11 is 0. The predicted molar refractivity (Wildman–Crippen MR) is 64.7 cm³/mol. The van der Waals surface area contributed by atoms with E-state index in [9.17, 15) is 5.11 Å². The zero-order valence-corrected chi connectivity index (χ0v) is 10.2. The molecule has 1 heterocycles. The fourth-order valence-electron chi connectivity index (χ4n) is 3.50. The molecule has 0 aliphatic heterocycles. The van der Waals surface area contributed by atoms with E-state index in [-0.39, 0.29) is 0 Å². The van der Waals surface area contributed by atoms with Crippen LogP contribution in [-0.2, 0) is 0 Å². The van der Waals surface area contributed by atoms with E-state index < -0.39 is 6.10 Å². The van der Waals surface area contributed by atoms with E-state index >= 15 is 0 Å². The van der Waals surface area contributed by atoms with Gasteiger partial charge in [-0.25, -0.2) is 0 Å². The largest absolute Gasteiger partial charge is 0.495 e. The van der Waals surface area contributed by atoms with Crippen molar-refractivity contribution in [1.82, 2.24) is 4.98 Å². The number of rotatable bonds is 3. The van der Waals surface area contributed by atoms with Gasteiger partial charge in [-0.2, -0.15) is 0 Å². The Labute approximate surface area is 102 Å². The third-order valence-corrected chi connectivity index (χ3v) is 4.39. The predicted octanol–water partition coefficient (Wildman–Crippen LogP) is 2.56. The van der Waals surface area contributed by atoms with Gasteiger partial charge in [0.05, 0.1) is 7.11 Å². The normalized spacial score (nSPS) is 32.7. The Morgan fingerprint density at radius 3 is 2.71 bits per heavy atom. The van der Waals surface area contributed by atoms with Gasteiger partial charge in [0.1, 0.15) is 17.5 Å². The van der Waals surface area contributed by atoms with Crippen molar-refractivity contribution >= 4 is 0 Å². The number of nitrogens with zero attached hydrogens (tertiary/aromatic N) is 1. The zero-order valence-electron chi connectivity index (χ0n) is 10.2. The van der Waals surface area contributed by atoms with Crippen molar-refractivity contribution in [1.29, 1.82) is 0 Å². The quantitative estimate of drug-likeness (QED) is 0.872. The van der Waals surface area contributed by atoms with Crippen molar-refractivity contribution in [2.24, 2.45) is 17.8 Å². The molecule has 1 aromatic heterocycles. The molecule has 3 nitrogen and oxygen atoms in total. The lowest BCUT2D eigenvalue weighted by Crippen LogP contribution is -2.07. The molecular formula is C14H19NO2. The van der Waals surface area contributed by atoms with Gasteiger partial charge in [-0.1, -0.05) is 12.8 Å². The van der Waals surface area contributed by atoms with Crippen LogP contribution in [0.1, 0.15) is 37.5 Å². The van der Waals surface area contributed by atoms with Crippen molar-refractivity contribution in [3.8, 4) is 5.75 Å². The molecule has 1 aromatic rings. The first-order valence-electron chi connectivity index (χ1n) is 6.50. The first-order chi connectivity index (χ1) is 8.33. The molecule has 3 heteroatoms. The molecule has 3 rings (SSSR count). The molecule has 2 aliphatic rings. The molecule has 3 unspecified atom stereocenters. The maximum atomic E-state index is 10.5. The number of aromatic nitrogens is 1. The van der Waals surface area contributed by atoms with Crippen LogP contribution in [0, 0.1) is 17.8 Å². The maximum absolute atomic E-state index is 10.5. The highest BCUT2D eigenvalue weighted by Crippen LogP contribution is 2.60. The number of methoxy groups -OCH3 is 1. The van der Waals surface area contributed by atoms with E-state index in [0.29, 0.717) is 11.7 Å². The van der Waals surface area contributed by atoms with Crippen LogP contribution >= 0.6 is 0 Å². The lowest BCUT2D eigenvalue weighted by molar-refractivity contribution is 0.133. The minimum atomic E-state index is -0.445. The number of aliphatic hydroxyl groups excluding tert-OH is 1. The summed E-state index contributed by atoms with van der Waals surface area (Å²) in [4.78, 5) is 4.29. The Kier molecular flexibility index (Phi) is 2.79. The van der Waals surface area contributed by atoms with Gasteiger partial charge in [-0.3, -0.25) is 4.98 Å². The summed E-state index contributed by atoms with van der Waals surface area (Å²) in [6.45, 7) is 0. The van der Waals surface area contributed by atoms with E-state index in [1.165, 1.54) is 25.7 Å². The minimum absolute atomic E-state index is 0.418. The van der Waals surface area contributed by atoms with Crippen LogP contribution in [0.3, 0.4) is 0 Å². The summed E-state index contributed by atoms with van der Waals surface area (Å²) in [5.74, 6) is 2.58. The molecular weight excluding hydrogens is 214 g/mol. The first kappa shape index (κ1) is 11.0. The number of aliphatic hydroxyl groups is 1. The molecule has 2 saturated carbocycles. The summed E-state index contributed by atoms with van der Waals surface area (Å²) < 4.78 is 5.28. The molecule has 0 spiro atoms. The lowest BCUT2D eigenvalue weighted by Gasteiger charge is -2.13. The van der Waals surface area contributed by atoms with Gasteiger partial charge in [0.2, 0.25) is 0 Å². The third kappa shape index (κ3) is 1.82. The second kappa shape index (κ2) is 4.30. The summed E-state index contributed by atoms with van der Waals surface area (Å²) in [5.41, 5.74) is 0.717. The fraction of sp³-hybridized carbons (Fsp3) is 0.643. The Morgan fingerprint density at radius 1 is 1.35 bits per heavy atom. The third-order valence-electron chi connectivity index (χ3n) is 4.39. The summed E-state index contributed by atoms with van der Waals surface area (Å²) in [6.07, 6.45) is 6.49. The smallest absolute Gasteiger partial charge is 0.143 e. The van der Waals surface area contributed by atoms with Crippen LogP contribution in [0.4, 0.5) is 0 Å². The Morgan fingerprint density at radius 2 is 2.06 bits per heavy atom. The molecule has 17 heavy (non-hydrogen) atoms. The van der Waals surface area contributed by atoms with Crippen LogP contribution < -0.4 is 4.74 Å². The van der Waals surface area contributed by atoms with E-state index in [1.807, 2.05) is 12.1 Å². The first-order valence-corrected chi connectivity index (χ1v) is 6.50. The average molecular weight is 233 g/mol. The van der Waals surface area contributed by atoms with Gasteiger partial charge >= 0.3 is 0 Å². The molecule has 92 valence electrons. The van der Waals surface area contributed by atoms with Crippen LogP contribution in [0.2, 0.25) is 0 Å². The lowest BCUT2D eigenvalue weighted by atomic mass is 10.0. The van der Waals surface area contributed by atoms with Gasteiger partial charge in [-0.15, -0.1) is 0 Å². The second-order valence-corrected chi connectivity index (χ2v) is 5.23. The van der Waals surface area contributed by atoms with Gasteiger partial charge in [0.15, 0.2) is 0 Å². The molecule has 3 atom stereocenters. The van der Waals surface area contributed by atoms with Crippen molar-refractivity contribution in [2.45, 2.75) is 31.8 Å². The van der Waals surface area contributed by atoms with Crippen molar-refractivity contribution in [2.75, 3.05) is 7.11 Å². The number of hydrogen-bond acceptors (Lipinski definition) is 3. The maximum Gasteiger partial charge on any atom is 0.143 e. The Balaban J connectivity index is 1.80. The molecule has 2 fully saturated rings. The van der Waals surface area contributed by atoms with E-state index in [4.69, 9.17) is 4.74 Å². The molecule has 0 radical (unpaired) electrons. The van der Waals surface area contributed by atoms with Gasteiger partial charge in [0, 0.05) is 6.20 Å². The van der Waals surface area contributed by atoms with E-state index in [1.54, 1.807) is 13.3 Å². The highest BCUT2D eigenvalue weighted by atomic mass is 16.5. The van der Waals surface area contributed by atoms with Crippen LogP contribution in [0.5, 0.6) is 5.75 Å². The standard InChI is InChI=1S/C14H19NO2/c1-17-11-7-4-8-15-13(11)14(16)12-9-5-2-3-6-10(9)12/h4,7-10,12,14,16H,2-3,5-6H2,1H3. The summed E-state index contributed by atoms with van der Waals surface area (Å²) in [7, 11) is 1.63. The van der Waals surface area contributed by atoms with Crippen LogP contribution in [-0.4, -0.2) is 17.2 Å². The number of ether oxygens (including phenoxy) is 1. The van der Waals surface area contributed by atoms with Crippen LogP contribution in [0.25, 0.3) is 0 Å². The Bertz CT molecular complexity index is 395. The summed E-state index contributed by atoms with van der Waals surface area (Å²) in [6, 6.07) is 3.71. The highest BCUT2D eigenvalue weighted by Gasteiger charge is 2.54. The topological polar surface area (TPSA) is 42.4 Å². The zero-order chi connectivity index (χ0) is 11.8. The molecule has 0 bridgehead atoms. The van der Waals surface area contributed by atoms with Crippen molar-refractivity contribution < 1.29 is 9.84 Å². The second-order valence-electron chi connectivity index (χ2n) is 5.23. The summed E-state index contributed by atoms with van der Waals surface area (Å²) in [5, 5.41) is 10.5. The molecule has 0 saturated heterocycles. The molecule has 2 aliphatic carbocycles. The van der Waals surface area contributed by atoms with Crippen LogP contribution in [0.15, 0.2) is 18.3 Å². The minimum Gasteiger partial charge on any atom is -0.495 e. The van der Waals surface area contributed by atoms with Gasteiger partial charge in [-0.05, 0) is 42.7 Å². The monoisotopic (exact) mass is 233 g/mol.